The Bertz CT molecular complexity index is 745. The van der Waals surface area contributed by atoms with Crippen molar-refractivity contribution in [2.24, 2.45) is 0 Å². The molecule has 2 aliphatic rings. The molecule has 0 aromatic heterocycles. The first kappa shape index (κ1) is 15.3. The molecule has 2 aromatic rings. The van der Waals surface area contributed by atoms with Crippen LogP contribution in [0.1, 0.15) is 30.4 Å². The molecule has 0 spiro atoms. The summed E-state index contributed by atoms with van der Waals surface area (Å²) in [5.74, 6) is 3.20. The van der Waals surface area contributed by atoms with Crippen LogP contribution in [0.3, 0.4) is 0 Å². The molecular formula is C20H23NO3. The van der Waals surface area contributed by atoms with E-state index in [2.05, 4.69) is 18.3 Å². The van der Waals surface area contributed by atoms with Gasteiger partial charge >= 0.3 is 0 Å². The molecule has 1 saturated heterocycles. The third kappa shape index (κ3) is 2.61. The van der Waals surface area contributed by atoms with Crippen LogP contribution in [0.5, 0.6) is 17.2 Å². The Morgan fingerprint density at radius 2 is 2.12 bits per heavy atom. The minimum absolute atomic E-state index is 0.0360. The van der Waals surface area contributed by atoms with Gasteiger partial charge in [-0.3, -0.25) is 0 Å². The maximum Gasteiger partial charge on any atom is 0.125 e. The lowest BCUT2D eigenvalue weighted by molar-refractivity contribution is 0.170. The van der Waals surface area contributed by atoms with E-state index >= 15 is 0 Å². The van der Waals surface area contributed by atoms with Crippen LogP contribution in [0.2, 0.25) is 0 Å². The fourth-order valence-corrected chi connectivity index (χ4v) is 3.83. The highest BCUT2D eigenvalue weighted by molar-refractivity contribution is 5.46. The molecule has 0 radical (unpaired) electrons. The van der Waals surface area contributed by atoms with Crippen molar-refractivity contribution in [1.82, 2.24) is 5.32 Å². The molecule has 0 unspecified atom stereocenters. The smallest absolute Gasteiger partial charge is 0.125 e. The Balaban J connectivity index is 1.55. The van der Waals surface area contributed by atoms with E-state index in [0.29, 0.717) is 12.5 Å². The topological polar surface area (TPSA) is 39.7 Å². The van der Waals surface area contributed by atoms with Gasteiger partial charge in [-0.15, -0.1) is 0 Å². The molecular weight excluding hydrogens is 302 g/mol. The fourth-order valence-electron chi connectivity index (χ4n) is 3.83. The molecule has 126 valence electrons. The monoisotopic (exact) mass is 325 g/mol. The summed E-state index contributed by atoms with van der Waals surface area (Å²) in [5, 5.41) is 3.59. The predicted molar refractivity (Wildman–Crippen MR) is 93.0 cm³/mol. The Morgan fingerprint density at radius 3 is 3.00 bits per heavy atom. The first-order chi connectivity index (χ1) is 11.7. The number of hydrogen-bond acceptors (Lipinski definition) is 4. The van der Waals surface area contributed by atoms with Crippen LogP contribution in [0.4, 0.5) is 0 Å². The van der Waals surface area contributed by atoms with Crippen molar-refractivity contribution in [3.05, 3.63) is 53.6 Å². The van der Waals surface area contributed by atoms with Gasteiger partial charge in [-0.25, -0.2) is 0 Å². The molecule has 0 bridgehead atoms. The number of methoxy groups -OCH3 is 1. The minimum atomic E-state index is 0.0360. The van der Waals surface area contributed by atoms with Crippen LogP contribution in [0.15, 0.2) is 42.5 Å². The van der Waals surface area contributed by atoms with Crippen LogP contribution in [0.25, 0.3) is 0 Å². The molecule has 2 atom stereocenters. The number of nitrogens with one attached hydrogen (secondary N) is 1. The average Bonchev–Trinajstić information content (AvgIpc) is 3.02. The first-order valence-electron chi connectivity index (χ1n) is 8.46. The molecule has 4 heteroatoms. The predicted octanol–water partition coefficient (Wildman–Crippen LogP) is 3.50. The quantitative estimate of drug-likeness (QED) is 0.934. The van der Waals surface area contributed by atoms with E-state index in [4.69, 9.17) is 14.2 Å². The van der Waals surface area contributed by atoms with Crippen LogP contribution >= 0.6 is 0 Å². The van der Waals surface area contributed by atoms with Gasteiger partial charge in [-0.05, 0) is 44.2 Å². The molecule has 1 N–H and O–H groups in total. The summed E-state index contributed by atoms with van der Waals surface area (Å²) in [6, 6.07) is 14.1. The van der Waals surface area contributed by atoms with Gasteiger partial charge in [0, 0.05) is 17.0 Å². The molecule has 2 heterocycles. The van der Waals surface area contributed by atoms with E-state index in [1.54, 1.807) is 7.11 Å². The highest BCUT2D eigenvalue weighted by Gasteiger charge is 2.44. The van der Waals surface area contributed by atoms with Crippen LogP contribution in [0, 0.1) is 0 Å². The van der Waals surface area contributed by atoms with Crippen LogP contribution in [-0.4, -0.2) is 25.8 Å². The lowest BCUT2D eigenvalue weighted by atomic mass is 9.80. The molecule has 1 fully saturated rings. The zero-order valence-electron chi connectivity index (χ0n) is 14.2. The molecule has 2 aliphatic heterocycles. The standard InChI is InChI=1S/C20H23NO3/c1-20-13-24-19-8-7-15(11-16(19)17(20)9-10-21-20)23-12-14-5-3-4-6-18(14)22-2/h3-8,11,17,21H,9-10,12-13H2,1-2H3/t17-,20+/m0/s1. The molecule has 4 rings (SSSR count). The number of para-hydroxylation sites is 1. The Labute approximate surface area is 142 Å². The van der Waals surface area contributed by atoms with Gasteiger partial charge in [-0.1, -0.05) is 18.2 Å². The lowest BCUT2D eigenvalue weighted by Gasteiger charge is -2.37. The number of ether oxygens (including phenoxy) is 3. The molecule has 4 nitrogen and oxygen atoms in total. The van der Waals surface area contributed by atoms with Gasteiger partial charge in [0.2, 0.25) is 0 Å². The SMILES string of the molecule is COc1ccccc1COc1ccc2c(c1)[C@@H]1CCN[C@]1(C)CO2. The normalized spacial score (nSPS) is 24.7. The van der Waals surface area contributed by atoms with Crippen molar-refractivity contribution in [2.45, 2.75) is 31.4 Å². The lowest BCUT2D eigenvalue weighted by Crippen LogP contribution is -2.48. The van der Waals surface area contributed by atoms with Crippen molar-refractivity contribution in [3.8, 4) is 17.2 Å². The van der Waals surface area contributed by atoms with E-state index in [-0.39, 0.29) is 5.54 Å². The fraction of sp³-hybridized carbons (Fsp3) is 0.400. The van der Waals surface area contributed by atoms with Gasteiger partial charge in [0.15, 0.2) is 0 Å². The summed E-state index contributed by atoms with van der Waals surface area (Å²) in [6.45, 7) is 4.50. The Hall–Kier alpha value is -2.20. The van der Waals surface area contributed by atoms with E-state index in [9.17, 15) is 0 Å². The summed E-state index contributed by atoms with van der Waals surface area (Å²) in [7, 11) is 1.68. The highest BCUT2D eigenvalue weighted by Crippen LogP contribution is 2.45. The average molecular weight is 325 g/mol. The van der Waals surface area contributed by atoms with Gasteiger partial charge < -0.3 is 19.5 Å². The molecule has 0 saturated carbocycles. The molecule has 2 aromatic carbocycles. The Kier molecular flexibility index (Phi) is 3.85. The zero-order valence-corrected chi connectivity index (χ0v) is 14.2. The largest absolute Gasteiger partial charge is 0.496 e. The van der Waals surface area contributed by atoms with Crippen molar-refractivity contribution in [1.29, 1.82) is 0 Å². The second-order valence-corrected chi connectivity index (χ2v) is 6.77. The first-order valence-corrected chi connectivity index (χ1v) is 8.46. The number of fused-ring (bicyclic) bond motifs is 3. The number of hydrogen-bond donors (Lipinski definition) is 1. The van der Waals surface area contributed by atoms with E-state index in [1.165, 1.54) is 5.56 Å². The van der Waals surface area contributed by atoms with Gasteiger partial charge in [0.05, 0.1) is 12.6 Å². The van der Waals surface area contributed by atoms with Gasteiger partial charge in [0.1, 0.15) is 30.5 Å². The van der Waals surface area contributed by atoms with Crippen molar-refractivity contribution < 1.29 is 14.2 Å². The van der Waals surface area contributed by atoms with Crippen molar-refractivity contribution >= 4 is 0 Å². The summed E-state index contributed by atoms with van der Waals surface area (Å²) < 4.78 is 17.4. The van der Waals surface area contributed by atoms with Gasteiger partial charge in [-0.2, -0.15) is 0 Å². The minimum Gasteiger partial charge on any atom is -0.496 e. The third-order valence-electron chi connectivity index (χ3n) is 5.20. The zero-order chi connectivity index (χ0) is 16.6. The number of benzene rings is 2. The van der Waals surface area contributed by atoms with E-state index in [0.717, 1.165) is 42.4 Å². The van der Waals surface area contributed by atoms with Gasteiger partial charge in [0.25, 0.3) is 0 Å². The van der Waals surface area contributed by atoms with Crippen LogP contribution < -0.4 is 19.5 Å². The third-order valence-corrected chi connectivity index (χ3v) is 5.20. The second-order valence-electron chi connectivity index (χ2n) is 6.77. The van der Waals surface area contributed by atoms with Crippen molar-refractivity contribution in [2.75, 3.05) is 20.3 Å². The maximum absolute atomic E-state index is 6.03. The summed E-state index contributed by atoms with van der Waals surface area (Å²) in [5.41, 5.74) is 2.33. The Morgan fingerprint density at radius 1 is 1.25 bits per heavy atom. The van der Waals surface area contributed by atoms with E-state index < -0.39 is 0 Å². The summed E-state index contributed by atoms with van der Waals surface area (Å²) >= 11 is 0. The summed E-state index contributed by atoms with van der Waals surface area (Å²) in [4.78, 5) is 0. The molecule has 0 aliphatic carbocycles. The summed E-state index contributed by atoms with van der Waals surface area (Å²) in [6.07, 6.45) is 1.14. The van der Waals surface area contributed by atoms with Crippen molar-refractivity contribution in [3.63, 3.8) is 0 Å². The second kappa shape index (κ2) is 6.02. The highest BCUT2D eigenvalue weighted by atomic mass is 16.5. The maximum atomic E-state index is 6.03. The van der Waals surface area contributed by atoms with Crippen LogP contribution in [-0.2, 0) is 6.61 Å². The van der Waals surface area contributed by atoms with E-state index in [1.807, 2.05) is 36.4 Å². The molecule has 0 amide bonds. The number of rotatable bonds is 4. The molecule has 24 heavy (non-hydrogen) atoms.